The van der Waals surface area contributed by atoms with Crippen LogP contribution in [0.25, 0.3) is 10.9 Å². The Balaban J connectivity index is 2.18. The summed E-state index contributed by atoms with van der Waals surface area (Å²) in [6, 6.07) is 5.28. The van der Waals surface area contributed by atoms with Gasteiger partial charge in [0, 0.05) is 17.3 Å². The molecule has 24 heavy (non-hydrogen) atoms. The molecule has 0 saturated carbocycles. The Kier molecular flexibility index (Phi) is 6.41. The molecule has 1 aromatic carbocycles. The average molecular weight is 331 g/mol. The highest BCUT2D eigenvalue weighted by molar-refractivity contribution is 5.81. The van der Waals surface area contributed by atoms with Gasteiger partial charge in [-0.15, -0.1) is 0 Å². The topological polar surface area (TPSA) is 90.4 Å². The SMILES string of the molecule is CCCCCCCc1[nH]c2ccc(CCC(=O)O)cc2c(=O)c1O. The van der Waals surface area contributed by atoms with Gasteiger partial charge in [-0.25, -0.2) is 0 Å². The first-order valence-electron chi connectivity index (χ1n) is 8.61. The third kappa shape index (κ3) is 4.60. The number of nitrogens with one attached hydrogen (secondary N) is 1. The van der Waals surface area contributed by atoms with Gasteiger partial charge in [-0.3, -0.25) is 9.59 Å². The van der Waals surface area contributed by atoms with Crippen LogP contribution in [0.2, 0.25) is 0 Å². The summed E-state index contributed by atoms with van der Waals surface area (Å²) in [6.07, 6.45) is 6.62. The van der Waals surface area contributed by atoms with E-state index in [1.54, 1.807) is 12.1 Å². The number of aliphatic carboxylic acids is 1. The van der Waals surface area contributed by atoms with Crippen molar-refractivity contribution in [2.24, 2.45) is 0 Å². The molecule has 2 aromatic rings. The number of hydrogen-bond acceptors (Lipinski definition) is 3. The number of aromatic amines is 1. The van der Waals surface area contributed by atoms with Crippen molar-refractivity contribution in [2.75, 3.05) is 0 Å². The minimum Gasteiger partial charge on any atom is -0.503 e. The zero-order valence-electron chi connectivity index (χ0n) is 14.1. The summed E-state index contributed by atoms with van der Waals surface area (Å²) < 4.78 is 0. The molecule has 0 fully saturated rings. The molecule has 3 N–H and O–H groups in total. The van der Waals surface area contributed by atoms with Gasteiger partial charge in [0.05, 0.1) is 5.69 Å². The lowest BCUT2D eigenvalue weighted by molar-refractivity contribution is -0.136. The maximum absolute atomic E-state index is 12.4. The van der Waals surface area contributed by atoms with E-state index in [-0.39, 0.29) is 17.6 Å². The van der Waals surface area contributed by atoms with Gasteiger partial charge in [-0.05, 0) is 37.0 Å². The summed E-state index contributed by atoms with van der Waals surface area (Å²) in [7, 11) is 0. The summed E-state index contributed by atoms with van der Waals surface area (Å²) in [5.41, 5.74) is 1.66. The molecular formula is C19H25NO4. The Bertz CT molecular complexity index is 764. The predicted molar refractivity (Wildman–Crippen MR) is 94.7 cm³/mol. The van der Waals surface area contributed by atoms with E-state index in [1.165, 1.54) is 19.3 Å². The van der Waals surface area contributed by atoms with E-state index in [2.05, 4.69) is 11.9 Å². The van der Waals surface area contributed by atoms with Crippen LogP contribution >= 0.6 is 0 Å². The molecule has 5 heteroatoms. The van der Waals surface area contributed by atoms with Crippen LogP contribution in [-0.4, -0.2) is 21.2 Å². The summed E-state index contributed by atoms with van der Waals surface area (Å²) in [5, 5.41) is 19.3. The number of carbonyl (C=O) groups is 1. The standard InChI is InChI=1S/C19H25NO4/c1-2-3-4-5-6-7-16-19(24)18(23)14-12-13(9-11-17(21)22)8-10-15(14)20-16/h8,10,12,24H,2-7,9,11H2,1H3,(H,20,23)(H,21,22). The lowest BCUT2D eigenvalue weighted by atomic mass is 10.0. The van der Waals surface area contributed by atoms with E-state index in [4.69, 9.17) is 5.11 Å². The fraction of sp³-hybridized carbons (Fsp3) is 0.474. The van der Waals surface area contributed by atoms with Crippen molar-refractivity contribution >= 4 is 16.9 Å². The Labute approximate surface area is 141 Å². The lowest BCUT2D eigenvalue weighted by Crippen LogP contribution is -2.08. The number of aryl methyl sites for hydroxylation is 2. The molecular weight excluding hydrogens is 306 g/mol. The molecule has 0 saturated heterocycles. The van der Waals surface area contributed by atoms with Crippen molar-refractivity contribution in [1.29, 1.82) is 0 Å². The Hall–Kier alpha value is -2.30. The van der Waals surface area contributed by atoms with Gasteiger partial charge in [-0.2, -0.15) is 0 Å². The molecule has 0 radical (unpaired) electrons. The van der Waals surface area contributed by atoms with E-state index < -0.39 is 5.97 Å². The highest BCUT2D eigenvalue weighted by Crippen LogP contribution is 2.20. The normalized spacial score (nSPS) is 11.0. The number of hydrogen-bond donors (Lipinski definition) is 3. The molecule has 0 aliphatic carbocycles. The Morgan fingerprint density at radius 1 is 1.12 bits per heavy atom. The molecule has 0 amide bonds. The number of carboxylic acids is 1. The third-order valence-corrected chi connectivity index (χ3v) is 4.27. The minimum absolute atomic E-state index is 0.0191. The smallest absolute Gasteiger partial charge is 0.303 e. The van der Waals surface area contributed by atoms with Crippen molar-refractivity contribution in [3.05, 3.63) is 39.7 Å². The quantitative estimate of drug-likeness (QED) is 0.610. The van der Waals surface area contributed by atoms with Crippen LogP contribution in [0.15, 0.2) is 23.0 Å². The van der Waals surface area contributed by atoms with E-state index in [0.717, 1.165) is 18.4 Å². The van der Waals surface area contributed by atoms with Gasteiger partial charge >= 0.3 is 5.97 Å². The van der Waals surface area contributed by atoms with Gasteiger partial charge in [-0.1, -0.05) is 38.7 Å². The highest BCUT2D eigenvalue weighted by atomic mass is 16.4. The molecule has 0 atom stereocenters. The Morgan fingerprint density at radius 2 is 1.88 bits per heavy atom. The van der Waals surface area contributed by atoms with Crippen LogP contribution in [-0.2, 0) is 17.6 Å². The minimum atomic E-state index is -0.870. The highest BCUT2D eigenvalue weighted by Gasteiger charge is 2.11. The first-order chi connectivity index (χ1) is 11.5. The average Bonchev–Trinajstić information content (AvgIpc) is 2.57. The first-order valence-corrected chi connectivity index (χ1v) is 8.61. The zero-order valence-corrected chi connectivity index (χ0v) is 14.1. The molecule has 0 aliphatic rings. The van der Waals surface area contributed by atoms with Crippen LogP contribution in [0.3, 0.4) is 0 Å². The maximum Gasteiger partial charge on any atom is 0.303 e. The van der Waals surface area contributed by atoms with Crippen molar-refractivity contribution in [3.63, 3.8) is 0 Å². The Morgan fingerprint density at radius 3 is 2.58 bits per heavy atom. The van der Waals surface area contributed by atoms with Crippen molar-refractivity contribution in [3.8, 4) is 5.75 Å². The van der Waals surface area contributed by atoms with E-state index in [0.29, 0.717) is 29.4 Å². The summed E-state index contributed by atoms with van der Waals surface area (Å²) in [4.78, 5) is 26.2. The van der Waals surface area contributed by atoms with Gasteiger partial charge in [0.1, 0.15) is 0 Å². The van der Waals surface area contributed by atoms with Crippen LogP contribution in [0.1, 0.15) is 56.7 Å². The molecule has 5 nitrogen and oxygen atoms in total. The van der Waals surface area contributed by atoms with Crippen molar-refractivity contribution < 1.29 is 15.0 Å². The fourth-order valence-electron chi connectivity index (χ4n) is 2.87. The van der Waals surface area contributed by atoms with Crippen LogP contribution < -0.4 is 5.43 Å². The largest absolute Gasteiger partial charge is 0.503 e. The number of H-pyrrole nitrogens is 1. The van der Waals surface area contributed by atoms with Crippen molar-refractivity contribution in [2.45, 2.75) is 58.3 Å². The van der Waals surface area contributed by atoms with Gasteiger partial charge in [0.15, 0.2) is 5.75 Å². The number of fused-ring (bicyclic) bond motifs is 1. The molecule has 130 valence electrons. The summed E-state index contributed by atoms with van der Waals surface area (Å²) >= 11 is 0. The van der Waals surface area contributed by atoms with E-state index in [9.17, 15) is 14.7 Å². The van der Waals surface area contributed by atoms with Crippen LogP contribution in [0, 0.1) is 0 Å². The molecule has 2 rings (SSSR count). The molecule has 0 spiro atoms. The zero-order chi connectivity index (χ0) is 17.5. The monoisotopic (exact) mass is 331 g/mol. The van der Waals surface area contributed by atoms with E-state index >= 15 is 0 Å². The number of carboxylic acid groups (broad SMARTS) is 1. The molecule has 1 aromatic heterocycles. The van der Waals surface area contributed by atoms with E-state index in [1.807, 2.05) is 6.07 Å². The summed E-state index contributed by atoms with van der Waals surface area (Å²) in [5.74, 6) is -1.08. The number of pyridine rings is 1. The molecule has 0 aliphatic heterocycles. The number of aromatic hydroxyl groups is 1. The van der Waals surface area contributed by atoms with Gasteiger partial charge < -0.3 is 15.2 Å². The second kappa shape index (κ2) is 8.52. The third-order valence-electron chi connectivity index (χ3n) is 4.27. The van der Waals surface area contributed by atoms with Crippen LogP contribution in [0.5, 0.6) is 5.75 Å². The molecule has 1 heterocycles. The lowest BCUT2D eigenvalue weighted by Gasteiger charge is -2.08. The summed E-state index contributed by atoms with van der Waals surface area (Å²) in [6.45, 7) is 2.16. The number of aromatic nitrogens is 1. The van der Waals surface area contributed by atoms with Gasteiger partial charge in [0.2, 0.25) is 5.43 Å². The number of benzene rings is 1. The second-order valence-corrected chi connectivity index (χ2v) is 6.22. The number of rotatable bonds is 9. The van der Waals surface area contributed by atoms with Crippen LogP contribution in [0.4, 0.5) is 0 Å². The molecule has 0 bridgehead atoms. The molecule has 0 unspecified atom stereocenters. The van der Waals surface area contributed by atoms with Crippen molar-refractivity contribution in [1.82, 2.24) is 4.98 Å². The van der Waals surface area contributed by atoms with Gasteiger partial charge in [0.25, 0.3) is 0 Å². The second-order valence-electron chi connectivity index (χ2n) is 6.22. The predicted octanol–water partition coefficient (Wildman–Crippen LogP) is 3.76. The first kappa shape index (κ1) is 18.0. The maximum atomic E-state index is 12.4. The number of unbranched alkanes of at least 4 members (excludes halogenated alkanes) is 4. The fourth-order valence-corrected chi connectivity index (χ4v) is 2.87.